The third-order valence-corrected chi connectivity index (χ3v) is 2.65. The summed E-state index contributed by atoms with van der Waals surface area (Å²) in [5, 5.41) is 11.2. The number of carbonyl (C=O) groups is 1. The molecule has 1 aromatic carbocycles. The summed E-state index contributed by atoms with van der Waals surface area (Å²) in [5.74, 6) is 0. The summed E-state index contributed by atoms with van der Waals surface area (Å²) >= 11 is 5.75. The van der Waals surface area contributed by atoms with Crippen LogP contribution in [-0.2, 0) is 4.74 Å². The van der Waals surface area contributed by atoms with Crippen molar-refractivity contribution >= 4 is 34.3 Å². The monoisotopic (exact) mass is 254 g/mol. The van der Waals surface area contributed by atoms with Crippen LogP contribution in [0.3, 0.4) is 0 Å². The zero-order valence-electron chi connectivity index (χ0n) is 8.71. The van der Waals surface area contributed by atoms with Crippen molar-refractivity contribution in [3.05, 3.63) is 39.5 Å². The molecule has 0 saturated carbocycles. The number of hydrogen-bond donors (Lipinski definition) is 0. The molecule has 0 spiro atoms. The Morgan fingerprint density at radius 2 is 2.18 bits per heavy atom. The number of nitro benzene ring substituents is 1. The van der Waals surface area contributed by atoms with Crippen LogP contribution in [0.2, 0.25) is 5.02 Å². The average molecular weight is 255 g/mol. The summed E-state index contributed by atoms with van der Waals surface area (Å²) in [6.45, 7) is 0. The van der Waals surface area contributed by atoms with Crippen LogP contribution < -0.4 is 0 Å². The van der Waals surface area contributed by atoms with E-state index in [4.69, 9.17) is 11.6 Å². The first-order valence-electron chi connectivity index (χ1n) is 4.58. The molecule has 17 heavy (non-hydrogen) atoms. The van der Waals surface area contributed by atoms with Gasteiger partial charge in [0, 0.05) is 6.20 Å². The summed E-state index contributed by atoms with van der Waals surface area (Å²) in [6, 6.07) is 4.36. The molecule has 0 aliphatic carbocycles. The number of aromatic nitrogens is 1. The molecule has 2 aromatic rings. The smallest absolute Gasteiger partial charge is 0.418 e. The van der Waals surface area contributed by atoms with E-state index in [2.05, 4.69) is 4.74 Å². The first-order valence-corrected chi connectivity index (χ1v) is 4.96. The van der Waals surface area contributed by atoms with Gasteiger partial charge in [0.25, 0.3) is 5.69 Å². The van der Waals surface area contributed by atoms with Gasteiger partial charge in [0.2, 0.25) is 0 Å². The minimum Gasteiger partial charge on any atom is -0.452 e. The molecule has 0 aliphatic rings. The van der Waals surface area contributed by atoms with Gasteiger partial charge in [0.05, 0.1) is 22.9 Å². The number of ether oxygens (including phenoxy) is 1. The molecular weight excluding hydrogens is 248 g/mol. The Morgan fingerprint density at radius 3 is 2.76 bits per heavy atom. The minimum atomic E-state index is -0.614. The van der Waals surface area contributed by atoms with Gasteiger partial charge in [0.1, 0.15) is 5.02 Å². The summed E-state index contributed by atoms with van der Waals surface area (Å²) in [6.07, 6.45) is 0.788. The number of hydrogen-bond acceptors (Lipinski definition) is 4. The maximum Gasteiger partial charge on any atom is 0.418 e. The Kier molecular flexibility index (Phi) is 2.72. The molecule has 0 radical (unpaired) electrons. The molecule has 0 saturated heterocycles. The second-order valence-corrected chi connectivity index (χ2v) is 3.65. The number of rotatable bonds is 1. The molecule has 0 bridgehead atoms. The number of carbonyl (C=O) groups excluding carboxylic acids is 1. The Labute approximate surface area is 100 Å². The van der Waals surface area contributed by atoms with Gasteiger partial charge in [0.15, 0.2) is 0 Å². The molecule has 0 aliphatic heterocycles. The Morgan fingerprint density at radius 1 is 1.47 bits per heavy atom. The maximum absolute atomic E-state index is 11.4. The number of nitro groups is 1. The topological polar surface area (TPSA) is 74.4 Å². The van der Waals surface area contributed by atoms with E-state index in [9.17, 15) is 14.9 Å². The highest BCUT2D eigenvalue weighted by molar-refractivity contribution is 6.34. The van der Waals surface area contributed by atoms with Crippen molar-refractivity contribution in [2.75, 3.05) is 7.11 Å². The number of methoxy groups -OCH3 is 1. The van der Waals surface area contributed by atoms with Gasteiger partial charge in [-0.1, -0.05) is 11.6 Å². The normalized spacial score (nSPS) is 10.5. The van der Waals surface area contributed by atoms with E-state index in [0.717, 1.165) is 0 Å². The van der Waals surface area contributed by atoms with Gasteiger partial charge in [-0.05, 0) is 18.2 Å². The predicted molar refractivity (Wildman–Crippen MR) is 61.4 cm³/mol. The zero-order valence-corrected chi connectivity index (χ0v) is 9.47. The lowest BCUT2D eigenvalue weighted by Crippen LogP contribution is -2.09. The summed E-state index contributed by atoms with van der Waals surface area (Å²) in [4.78, 5) is 21.7. The van der Waals surface area contributed by atoms with Crippen LogP contribution in [0.15, 0.2) is 24.4 Å². The van der Waals surface area contributed by atoms with E-state index < -0.39 is 11.0 Å². The minimum absolute atomic E-state index is 0.0325. The van der Waals surface area contributed by atoms with E-state index in [-0.39, 0.29) is 10.7 Å². The second-order valence-electron chi connectivity index (χ2n) is 3.24. The van der Waals surface area contributed by atoms with Gasteiger partial charge >= 0.3 is 6.09 Å². The largest absolute Gasteiger partial charge is 0.452 e. The van der Waals surface area contributed by atoms with Crippen molar-refractivity contribution < 1.29 is 14.5 Å². The quantitative estimate of drug-likeness (QED) is 0.579. The molecule has 0 atom stereocenters. The lowest BCUT2D eigenvalue weighted by atomic mass is 10.2. The van der Waals surface area contributed by atoms with Gasteiger partial charge in [-0.15, -0.1) is 0 Å². The molecule has 0 amide bonds. The lowest BCUT2D eigenvalue weighted by Gasteiger charge is -2.02. The van der Waals surface area contributed by atoms with Gasteiger partial charge in [-0.25, -0.2) is 4.79 Å². The second kappa shape index (κ2) is 4.06. The summed E-state index contributed by atoms with van der Waals surface area (Å²) in [7, 11) is 1.23. The number of benzene rings is 1. The fourth-order valence-electron chi connectivity index (χ4n) is 1.62. The number of fused-ring (bicyclic) bond motifs is 1. The third-order valence-electron chi connectivity index (χ3n) is 2.35. The average Bonchev–Trinajstić information content (AvgIpc) is 2.70. The molecular formula is C10H7ClN2O4. The predicted octanol–water partition coefficient (Wildman–Crippen LogP) is 2.82. The highest BCUT2D eigenvalue weighted by atomic mass is 35.5. The number of halogens is 1. The molecule has 2 rings (SSSR count). The van der Waals surface area contributed by atoms with Crippen molar-refractivity contribution in [3.63, 3.8) is 0 Å². The van der Waals surface area contributed by atoms with Crippen molar-refractivity contribution in [2.24, 2.45) is 0 Å². The summed E-state index contributed by atoms with van der Waals surface area (Å²) < 4.78 is 5.73. The van der Waals surface area contributed by atoms with Crippen LogP contribution >= 0.6 is 11.6 Å². The van der Waals surface area contributed by atoms with Crippen LogP contribution in [-0.4, -0.2) is 22.7 Å². The molecule has 0 N–H and O–H groups in total. The molecule has 6 nitrogen and oxygen atoms in total. The van der Waals surface area contributed by atoms with Crippen molar-refractivity contribution in [1.29, 1.82) is 0 Å². The first-order chi connectivity index (χ1) is 8.06. The highest BCUT2D eigenvalue weighted by Crippen LogP contribution is 2.33. The van der Waals surface area contributed by atoms with Crippen LogP contribution in [0.4, 0.5) is 10.5 Å². The van der Waals surface area contributed by atoms with Gasteiger partial charge in [-0.2, -0.15) is 0 Å². The van der Waals surface area contributed by atoms with Crippen LogP contribution in [0.5, 0.6) is 0 Å². The van der Waals surface area contributed by atoms with E-state index >= 15 is 0 Å². The van der Waals surface area contributed by atoms with E-state index in [1.165, 1.54) is 36.1 Å². The van der Waals surface area contributed by atoms with E-state index in [1.54, 1.807) is 0 Å². The fraction of sp³-hybridized carbons (Fsp3) is 0.100. The van der Waals surface area contributed by atoms with Crippen molar-refractivity contribution in [3.8, 4) is 0 Å². The van der Waals surface area contributed by atoms with E-state index in [1.807, 2.05) is 0 Å². The Bertz CT molecular complexity index is 620. The van der Waals surface area contributed by atoms with Gasteiger partial charge < -0.3 is 4.74 Å². The van der Waals surface area contributed by atoms with Crippen LogP contribution in [0, 0.1) is 10.1 Å². The first kappa shape index (κ1) is 11.4. The zero-order chi connectivity index (χ0) is 12.6. The molecule has 88 valence electrons. The van der Waals surface area contributed by atoms with Crippen molar-refractivity contribution in [1.82, 2.24) is 4.57 Å². The van der Waals surface area contributed by atoms with Gasteiger partial charge in [-0.3, -0.25) is 14.7 Å². The van der Waals surface area contributed by atoms with Crippen molar-refractivity contribution in [2.45, 2.75) is 0 Å². The molecule has 0 unspecified atom stereocenters. The van der Waals surface area contributed by atoms with Crippen LogP contribution in [0.1, 0.15) is 0 Å². The molecule has 0 fully saturated rings. The standard InChI is InChI=1S/C10H7ClN2O4/c1-17-10(14)12-5-4-6-8(12)3-2-7(11)9(6)13(15)16/h2-5H,1H3. The number of nitrogens with zero attached hydrogens (tertiary/aromatic N) is 2. The Balaban J connectivity index is 2.77. The molecule has 1 aromatic heterocycles. The molecule has 1 heterocycles. The summed E-state index contributed by atoms with van der Waals surface area (Å²) in [5.41, 5.74) is 0.166. The van der Waals surface area contributed by atoms with Crippen LogP contribution in [0.25, 0.3) is 10.9 Å². The lowest BCUT2D eigenvalue weighted by molar-refractivity contribution is -0.382. The Hall–Kier alpha value is -2.08. The third kappa shape index (κ3) is 1.72. The molecule has 7 heteroatoms. The fourth-order valence-corrected chi connectivity index (χ4v) is 1.85. The SMILES string of the molecule is COC(=O)n1ccc2c([N+](=O)[O-])c(Cl)ccc21. The van der Waals surface area contributed by atoms with E-state index in [0.29, 0.717) is 10.9 Å². The highest BCUT2D eigenvalue weighted by Gasteiger charge is 2.20. The maximum atomic E-state index is 11.4.